The molecule has 0 spiro atoms. The molecule has 0 radical (unpaired) electrons. The van der Waals surface area contributed by atoms with Crippen molar-refractivity contribution in [3.8, 4) is 0 Å². The summed E-state index contributed by atoms with van der Waals surface area (Å²) in [5.41, 5.74) is 0.661. The number of hydrogen-bond acceptors (Lipinski definition) is 3. The van der Waals surface area contributed by atoms with Gasteiger partial charge < -0.3 is 9.52 Å². The molecule has 0 fully saturated rings. The molecule has 2 aromatic rings. The van der Waals surface area contributed by atoms with Gasteiger partial charge in [-0.1, -0.05) is 0 Å². The van der Waals surface area contributed by atoms with Crippen LogP contribution in [0.25, 0.3) is 11.0 Å². The largest absolute Gasteiger partial charge is 0.456 e. The first-order chi connectivity index (χ1) is 6.48. The summed E-state index contributed by atoms with van der Waals surface area (Å²) in [5, 5.41) is 10.7. The van der Waals surface area contributed by atoms with Gasteiger partial charge in [-0.15, -0.1) is 0 Å². The zero-order valence-electron chi connectivity index (χ0n) is 8.53. The minimum atomic E-state index is -0.939. The molecule has 0 unspecified atom stereocenters. The van der Waals surface area contributed by atoms with Crippen LogP contribution in [-0.2, 0) is 5.60 Å². The second-order valence-corrected chi connectivity index (χ2v) is 3.98. The first-order valence-corrected chi connectivity index (χ1v) is 4.56. The van der Waals surface area contributed by atoms with Crippen LogP contribution in [0.1, 0.15) is 25.3 Å². The fraction of sp³-hybridized carbons (Fsp3) is 0.364. The number of fused-ring (bicyclic) bond motifs is 1. The van der Waals surface area contributed by atoms with Crippen molar-refractivity contribution < 1.29 is 9.52 Å². The van der Waals surface area contributed by atoms with Gasteiger partial charge in [0.2, 0.25) is 0 Å². The minimum absolute atomic E-state index is 0.573. The Hall–Kier alpha value is -1.35. The average molecular weight is 191 g/mol. The van der Waals surface area contributed by atoms with E-state index in [0.29, 0.717) is 5.76 Å². The second kappa shape index (κ2) is 2.82. The van der Waals surface area contributed by atoms with E-state index in [1.165, 1.54) is 0 Å². The summed E-state index contributed by atoms with van der Waals surface area (Å²) in [5.74, 6) is 0.573. The van der Waals surface area contributed by atoms with Crippen molar-refractivity contribution in [3.63, 3.8) is 0 Å². The van der Waals surface area contributed by atoms with Crippen LogP contribution in [0, 0.1) is 6.92 Å². The zero-order chi connectivity index (χ0) is 10.3. The summed E-state index contributed by atoms with van der Waals surface area (Å²) < 4.78 is 5.55. The Morgan fingerprint density at radius 3 is 2.71 bits per heavy atom. The van der Waals surface area contributed by atoms with Gasteiger partial charge in [0.05, 0.1) is 5.69 Å². The Balaban J connectivity index is 2.69. The number of pyridine rings is 1. The summed E-state index contributed by atoms with van der Waals surface area (Å²) in [6.07, 6.45) is 1.74. The molecule has 3 nitrogen and oxygen atoms in total. The lowest BCUT2D eigenvalue weighted by Gasteiger charge is -2.12. The van der Waals surface area contributed by atoms with Gasteiger partial charge in [-0.2, -0.15) is 0 Å². The molecule has 74 valence electrons. The lowest BCUT2D eigenvalue weighted by molar-refractivity contribution is 0.0558. The van der Waals surface area contributed by atoms with E-state index in [9.17, 15) is 5.11 Å². The van der Waals surface area contributed by atoms with Crippen molar-refractivity contribution in [2.24, 2.45) is 0 Å². The third kappa shape index (κ3) is 1.40. The Kier molecular flexibility index (Phi) is 1.86. The first kappa shape index (κ1) is 9.21. The maximum Gasteiger partial charge on any atom is 0.155 e. The quantitative estimate of drug-likeness (QED) is 0.752. The van der Waals surface area contributed by atoms with Crippen molar-refractivity contribution in [2.75, 3.05) is 0 Å². The van der Waals surface area contributed by atoms with E-state index in [4.69, 9.17) is 4.42 Å². The molecular formula is C11H13NO2. The van der Waals surface area contributed by atoms with Crippen LogP contribution in [0.4, 0.5) is 0 Å². The molecule has 2 rings (SSSR count). The molecular weight excluding hydrogens is 178 g/mol. The van der Waals surface area contributed by atoms with E-state index in [2.05, 4.69) is 4.98 Å². The molecule has 0 atom stereocenters. The van der Waals surface area contributed by atoms with Crippen molar-refractivity contribution in [1.82, 2.24) is 4.98 Å². The average Bonchev–Trinajstić information content (AvgIpc) is 2.48. The summed E-state index contributed by atoms with van der Waals surface area (Å²) in [4.78, 5) is 4.13. The molecule has 3 heteroatoms. The molecule has 0 aliphatic carbocycles. The first-order valence-electron chi connectivity index (χ1n) is 4.56. The molecule has 14 heavy (non-hydrogen) atoms. The number of nitrogens with zero attached hydrogens (tertiary/aromatic N) is 1. The van der Waals surface area contributed by atoms with Crippen LogP contribution in [0.15, 0.2) is 22.7 Å². The topological polar surface area (TPSA) is 46.3 Å². The molecule has 0 aliphatic heterocycles. The van der Waals surface area contributed by atoms with E-state index < -0.39 is 5.60 Å². The number of aliphatic hydroxyl groups is 1. The van der Waals surface area contributed by atoms with Gasteiger partial charge >= 0.3 is 0 Å². The molecule has 0 saturated heterocycles. The van der Waals surface area contributed by atoms with Crippen LogP contribution in [0.5, 0.6) is 0 Å². The maximum atomic E-state index is 9.77. The predicted molar refractivity (Wildman–Crippen MR) is 54.0 cm³/mol. The molecule has 1 N–H and O–H groups in total. The highest BCUT2D eigenvalue weighted by Gasteiger charge is 2.21. The van der Waals surface area contributed by atoms with Gasteiger partial charge in [0, 0.05) is 11.6 Å². The van der Waals surface area contributed by atoms with Gasteiger partial charge in [-0.25, -0.2) is 0 Å². The molecule has 0 aromatic carbocycles. The minimum Gasteiger partial charge on any atom is -0.456 e. The summed E-state index contributed by atoms with van der Waals surface area (Å²) >= 11 is 0. The summed E-state index contributed by atoms with van der Waals surface area (Å²) in [7, 11) is 0. The molecule has 0 aliphatic rings. The molecule has 0 saturated carbocycles. The standard InChI is InChI=1S/C11H13NO2/c1-7-10-8(4-5-12-7)6-9(14-10)11(2,3)13/h4-6,13H,1-3H3. The molecule has 2 heterocycles. The van der Waals surface area contributed by atoms with E-state index >= 15 is 0 Å². The van der Waals surface area contributed by atoms with Crippen molar-refractivity contribution in [1.29, 1.82) is 0 Å². The maximum absolute atomic E-state index is 9.77. The van der Waals surface area contributed by atoms with Crippen molar-refractivity contribution in [2.45, 2.75) is 26.4 Å². The van der Waals surface area contributed by atoms with Crippen LogP contribution in [0.2, 0.25) is 0 Å². The van der Waals surface area contributed by atoms with Crippen molar-refractivity contribution in [3.05, 3.63) is 29.8 Å². The summed E-state index contributed by atoms with van der Waals surface area (Å²) in [6, 6.07) is 3.73. The lowest BCUT2D eigenvalue weighted by atomic mass is 10.1. The molecule has 2 aromatic heterocycles. The third-order valence-corrected chi connectivity index (χ3v) is 2.21. The highest BCUT2D eigenvalue weighted by molar-refractivity contribution is 5.79. The monoisotopic (exact) mass is 191 g/mol. The van der Waals surface area contributed by atoms with Gasteiger partial charge in [0.25, 0.3) is 0 Å². The normalized spacial score (nSPS) is 12.3. The van der Waals surface area contributed by atoms with E-state index in [-0.39, 0.29) is 0 Å². The summed E-state index contributed by atoms with van der Waals surface area (Å²) in [6.45, 7) is 5.29. The fourth-order valence-corrected chi connectivity index (χ4v) is 1.40. The van der Waals surface area contributed by atoms with Gasteiger partial charge in [-0.3, -0.25) is 4.98 Å². The molecule has 0 bridgehead atoms. The Morgan fingerprint density at radius 2 is 2.14 bits per heavy atom. The van der Waals surface area contributed by atoms with Crippen LogP contribution in [-0.4, -0.2) is 10.1 Å². The number of hydrogen-bond donors (Lipinski definition) is 1. The SMILES string of the molecule is Cc1nccc2cc(C(C)(C)O)oc12. The van der Waals surface area contributed by atoms with Crippen molar-refractivity contribution >= 4 is 11.0 Å². The lowest BCUT2D eigenvalue weighted by Crippen LogP contribution is -2.13. The number of furan rings is 1. The fourth-order valence-electron chi connectivity index (χ4n) is 1.40. The van der Waals surface area contributed by atoms with Crippen LogP contribution in [0.3, 0.4) is 0 Å². The van der Waals surface area contributed by atoms with E-state index in [1.54, 1.807) is 20.0 Å². The third-order valence-electron chi connectivity index (χ3n) is 2.21. The van der Waals surface area contributed by atoms with Crippen LogP contribution >= 0.6 is 0 Å². The smallest absolute Gasteiger partial charge is 0.155 e. The van der Waals surface area contributed by atoms with Gasteiger partial charge in [0.15, 0.2) is 5.58 Å². The van der Waals surface area contributed by atoms with Crippen LogP contribution < -0.4 is 0 Å². The number of rotatable bonds is 1. The predicted octanol–water partition coefficient (Wildman–Crippen LogP) is 2.36. The van der Waals surface area contributed by atoms with E-state index in [0.717, 1.165) is 16.7 Å². The van der Waals surface area contributed by atoms with Gasteiger partial charge in [0.1, 0.15) is 11.4 Å². The Bertz CT molecular complexity index is 466. The molecule has 0 amide bonds. The highest BCUT2D eigenvalue weighted by Crippen LogP contribution is 2.28. The van der Waals surface area contributed by atoms with E-state index in [1.807, 2.05) is 19.1 Å². The number of aromatic nitrogens is 1. The Labute approximate surface area is 82.4 Å². The van der Waals surface area contributed by atoms with Gasteiger partial charge in [-0.05, 0) is 32.9 Å². The highest BCUT2D eigenvalue weighted by atomic mass is 16.4. The zero-order valence-corrected chi connectivity index (χ0v) is 8.53. The Morgan fingerprint density at radius 1 is 1.43 bits per heavy atom. The second-order valence-electron chi connectivity index (χ2n) is 3.98. The number of aryl methyl sites for hydroxylation is 1.